The van der Waals surface area contributed by atoms with Crippen LogP contribution in [0.15, 0.2) is 4.79 Å². The van der Waals surface area contributed by atoms with Gasteiger partial charge in [-0.1, -0.05) is 0 Å². The fourth-order valence-corrected chi connectivity index (χ4v) is 0.859. The van der Waals surface area contributed by atoms with E-state index in [2.05, 4.69) is 9.97 Å². The number of rotatable bonds is 2. The summed E-state index contributed by atoms with van der Waals surface area (Å²) in [6.07, 6.45) is 0. The molecule has 0 bridgehead atoms. The summed E-state index contributed by atoms with van der Waals surface area (Å²) in [6.45, 7) is 0.948. The predicted molar refractivity (Wildman–Crippen MR) is 48.7 cm³/mol. The Balaban J connectivity index is 0.00000144. The van der Waals surface area contributed by atoms with Gasteiger partial charge in [-0.15, -0.1) is 12.4 Å². The average Bonchev–Trinajstić information content (AvgIpc) is 2.09. The fourth-order valence-electron chi connectivity index (χ4n) is 0.859. The van der Waals surface area contributed by atoms with Gasteiger partial charge < -0.3 is 15.2 Å². The predicted octanol–water partition coefficient (Wildman–Crippen LogP) is -0.515. The summed E-state index contributed by atoms with van der Waals surface area (Å²) in [6, 6.07) is 0. The number of nitrogens with one attached hydrogen (secondary N) is 1. The van der Waals surface area contributed by atoms with E-state index in [1.807, 2.05) is 0 Å². The minimum atomic E-state index is -0.331. The van der Waals surface area contributed by atoms with E-state index in [9.17, 15) is 4.79 Å². The normalized spacial score (nSPS) is 9.46. The van der Waals surface area contributed by atoms with Crippen molar-refractivity contribution in [2.75, 3.05) is 0 Å². The van der Waals surface area contributed by atoms with Crippen LogP contribution in [0.1, 0.15) is 17.1 Å². The van der Waals surface area contributed by atoms with Gasteiger partial charge in [-0.25, -0.2) is 4.98 Å². The van der Waals surface area contributed by atoms with Gasteiger partial charge in [0.15, 0.2) is 0 Å². The van der Waals surface area contributed by atoms with Gasteiger partial charge >= 0.3 is 0 Å². The zero-order valence-electron chi connectivity index (χ0n) is 7.07. The number of aliphatic hydroxyl groups is 2. The Morgan fingerprint density at radius 3 is 2.46 bits per heavy atom. The van der Waals surface area contributed by atoms with Crippen molar-refractivity contribution in [3.63, 3.8) is 0 Å². The molecule has 0 aliphatic heterocycles. The number of aromatic nitrogens is 2. The minimum Gasteiger partial charge on any atom is -0.390 e. The lowest BCUT2D eigenvalue weighted by atomic mass is 10.2. The van der Waals surface area contributed by atoms with Crippen molar-refractivity contribution in [2.45, 2.75) is 20.1 Å². The van der Waals surface area contributed by atoms with Gasteiger partial charge in [0.1, 0.15) is 12.4 Å². The summed E-state index contributed by atoms with van der Waals surface area (Å²) in [7, 11) is 0. The second-order valence-electron chi connectivity index (χ2n) is 2.40. The lowest BCUT2D eigenvalue weighted by Crippen LogP contribution is -2.17. The molecule has 0 aliphatic carbocycles. The van der Waals surface area contributed by atoms with Crippen LogP contribution in [-0.2, 0) is 13.2 Å². The molecular formula is C7H11ClN2O3. The van der Waals surface area contributed by atoms with Crippen LogP contribution in [0.5, 0.6) is 0 Å². The first-order valence-electron chi connectivity index (χ1n) is 3.49. The van der Waals surface area contributed by atoms with Crippen LogP contribution in [0, 0.1) is 6.92 Å². The molecule has 1 aromatic rings. The van der Waals surface area contributed by atoms with Crippen molar-refractivity contribution in [2.24, 2.45) is 0 Å². The molecule has 0 saturated heterocycles. The Bertz CT molecular complexity index is 337. The van der Waals surface area contributed by atoms with Crippen molar-refractivity contribution in [3.8, 4) is 0 Å². The summed E-state index contributed by atoms with van der Waals surface area (Å²) < 4.78 is 0. The second kappa shape index (κ2) is 4.96. The van der Waals surface area contributed by atoms with E-state index >= 15 is 0 Å². The third-order valence-electron chi connectivity index (χ3n) is 1.60. The van der Waals surface area contributed by atoms with E-state index in [-0.39, 0.29) is 37.0 Å². The number of halogens is 1. The molecule has 1 rings (SSSR count). The number of nitrogens with zero attached hydrogens (tertiary/aromatic N) is 1. The molecular weight excluding hydrogens is 196 g/mol. The van der Waals surface area contributed by atoms with Crippen LogP contribution < -0.4 is 5.56 Å². The molecule has 0 atom stereocenters. The highest BCUT2D eigenvalue weighted by atomic mass is 35.5. The van der Waals surface area contributed by atoms with Gasteiger partial charge in [0, 0.05) is 5.56 Å². The van der Waals surface area contributed by atoms with Gasteiger partial charge in [-0.05, 0) is 6.92 Å². The first kappa shape index (κ1) is 12.1. The van der Waals surface area contributed by atoms with Crippen LogP contribution in [0.3, 0.4) is 0 Å². The second-order valence-corrected chi connectivity index (χ2v) is 2.40. The van der Waals surface area contributed by atoms with Crippen molar-refractivity contribution < 1.29 is 10.2 Å². The van der Waals surface area contributed by atoms with E-state index in [0.717, 1.165) is 0 Å². The molecule has 0 unspecified atom stereocenters. The van der Waals surface area contributed by atoms with Gasteiger partial charge in [-0.2, -0.15) is 0 Å². The first-order chi connectivity index (χ1) is 5.69. The number of aromatic amines is 1. The number of hydrogen-bond acceptors (Lipinski definition) is 4. The Kier molecular flexibility index (Phi) is 4.61. The maximum Gasteiger partial charge on any atom is 0.254 e. The van der Waals surface area contributed by atoms with E-state index in [0.29, 0.717) is 11.3 Å². The van der Waals surface area contributed by atoms with Crippen LogP contribution in [0.2, 0.25) is 0 Å². The Labute approximate surface area is 80.9 Å². The van der Waals surface area contributed by atoms with Gasteiger partial charge in [-0.3, -0.25) is 4.79 Å². The molecule has 0 fully saturated rings. The molecule has 0 saturated carbocycles. The van der Waals surface area contributed by atoms with Crippen molar-refractivity contribution in [3.05, 3.63) is 27.4 Å². The van der Waals surface area contributed by atoms with Crippen LogP contribution >= 0.6 is 12.4 Å². The highest BCUT2D eigenvalue weighted by Gasteiger charge is 2.04. The quantitative estimate of drug-likeness (QED) is 0.608. The standard InChI is InChI=1S/C7H10N2O3.ClH/c1-4-5(2-10)8-6(3-11)9-7(4)12;/h10-11H,2-3H2,1H3,(H,8,9,12);1H. The molecule has 1 heterocycles. The Hall–Kier alpha value is -0.910. The summed E-state index contributed by atoms with van der Waals surface area (Å²) in [5.74, 6) is 0.176. The minimum absolute atomic E-state index is 0. The molecule has 13 heavy (non-hydrogen) atoms. The summed E-state index contributed by atoms with van der Waals surface area (Å²) in [5, 5.41) is 17.4. The van der Waals surface area contributed by atoms with Crippen molar-refractivity contribution in [1.82, 2.24) is 9.97 Å². The van der Waals surface area contributed by atoms with Crippen LogP contribution in [-0.4, -0.2) is 20.2 Å². The third-order valence-corrected chi connectivity index (χ3v) is 1.60. The fraction of sp³-hybridized carbons (Fsp3) is 0.429. The largest absolute Gasteiger partial charge is 0.390 e. The topological polar surface area (TPSA) is 86.2 Å². The van der Waals surface area contributed by atoms with E-state index in [1.54, 1.807) is 6.92 Å². The van der Waals surface area contributed by atoms with Crippen LogP contribution in [0.25, 0.3) is 0 Å². The Morgan fingerprint density at radius 1 is 1.38 bits per heavy atom. The molecule has 1 aromatic heterocycles. The Morgan fingerprint density at radius 2 is 2.00 bits per heavy atom. The molecule has 0 aromatic carbocycles. The zero-order chi connectivity index (χ0) is 9.14. The van der Waals surface area contributed by atoms with Crippen molar-refractivity contribution >= 4 is 12.4 Å². The molecule has 0 spiro atoms. The monoisotopic (exact) mass is 206 g/mol. The molecule has 0 aliphatic rings. The van der Waals surface area contributed by atoms with Gasteiger partial charge in [0.25, 0.3) is 5.56 Å². The molecule has 3 N–H and O–H groups in total. The van der Waals surface area contributed by atoms with E-state index < -0.39 is 0 Å². The first-order valence-corrected chi connectivity index (χ1v) is 3.49. The van der Waals surface area contributed by atoms with E-state index in [4.69, 9.17) is 10.2 Å². The SMILES string of the molecule is Cc1c(CO)nc(CO)[nH]c1=O.Cl. The number of H-pyrrole nitrogens is 1. The summed E-state index contributed by atoms with van der Waals surface area (Å²) >= 11 is 0. The number of aliphatic hydroxyl groups excluding tert-OH is 2. The molecule has 5 nitrogen and oxygen atoms in total. The van der Waals surface area contributed by atoms with Crippen LogP contribution in [0.4, 0.5) is 0 Å². The zero-order valence-corrected chi connectivity index (χ0v) is 7.89. The molecule has 0 radical (unpaired) electrons. The lowest BCUT2D eigenvalue weighted by molar-refractivity contribution is 0.260. The molecule has 0 amide bonds. The third kappa shape index (κ3) is 2.51. The highest BCUT2D eigenvalue weighted by Crippen LogP contribution is 1.98. The molecule has 6 heteroatoms. The van der Waals surface area contributed by atoms with E-state index in [1.165, 1.54) is 0 Å². The number of hydrogen-bond donors (Lipinski definition) is 3. The summed E-state index contributed by atoms with van der Waals surface area (Å²) in [4.78, 5) is 17.2. The van der Waals surface area contributed by atoms with Crippen molar-refractivity contribution in [1.29, 1.82) is 0 Å². The highest BCUT2D eigenvalue weighted by molar-refractivity contribution is 5.85. The summed E-state index contributed by atoms with van der Waals surface area (Å²) in [5.41, 5.74) is 0.371. The molecule has 74 valence electrons. The van der Waals surface area contributed by atoms with Gasteiger partial charge in [0.2, 0.25) is 0 Å². The maximum absolute atomic E-state index is 11.1. The smallest absolute Gasteiger partial charge is 0.254 e. The lowest BCUT2D eigenvalue weighted by Gasteiger charge is -2.01. The van der Waals surface area contributed by atoms with Gasteiger partial charge in [0.05, 0.1) is 12.3 Å². The average molecular weight is 207 g/mol. The maximum atomic E-state index is 11.1.